The third kappa shape index (κ3) is 2.97. The molecule has 0 fully saturated rings. The number of carboxylic acids is 1. The molecule has 0 unspecified atom stereocenters. The molecule has 0 atom stereocenters. The molecule has 3 aromatic carbocycles. The number of rotatable bonds is 4. The normalized spacial score (nSPS) is 10.7. The summed E-state index contributed by atoms with van der Waals surface area (Å²) in [6.45, 7) is 1.90. The number of ether oxygens (including phenoxy) is 1. The van der Waals surface area contributed by atoms with Crippen LogP contribution >= 0.6 is 0 Å². The highest BCUT2D eigenvalue weighted by Gasteiger charge is 2.13. The molecule has 0 heterocycles. The van der Waals surface area contributed by atoms with Crippen molar-refractivity contribution in [3.8, 4) is 11.5 Å². The lowest BCUT2D eigenvalue weighted by Crippen LogP contribution is -2.02. The lowest BCUT2D eigenvalue weighted by atomic mass is 10.1. The molecule has 0 saturated heterocycles. The molecule has 0 bridgehead atoms. The summed E-state index contributed by atoms with van der Waals surface area (Å²) < 4.78 is 5.86. The fourth-order valence-corrected chi connectivity index (χ4v) is 2.58. The molecule has 0 amide bonds. The van der Waals surface area contributed by atoms with Crippen LogP contribution < -0.4 is 4.74 Å². The van der Waals surface area contributed by atoms with Gasteiger partial charge in [-0.2, -0.15) is 0 Å². The maximum absolute atomic E-state index is 11.2. The Labute approximate surface area is 133 Å². The molecule has 4 nitrogen and oxygen atoms in total. The molecule has 0 aliphatic heterocycles. The highest BCUT2D eigenvalue weighted by Crippen LogP contribution is 2.28. The Bertz CT molecular complexity index is 878. The highest BCUT2D eigenvalue weighted by atomic mass is 16.5. The van der Waals surface area contributed by atoms with Crippen LogP contribution in [0.1, 0.15) is 21.5 Å². The van der Waals surface area contributed by atoms with Crippen molar-refractivity contribution in [2.75, 3.05) is 0 Å². The summed E-state index contributed by atoms with van der Waals surface area (Å²) in [7, 11) is 0. The van der Waals surface area contributed by atoms with E-state index < -0.39 is 5.97 Å². The van der Waals surface area contributed by atoms with Crippen LogP contribution in [0.4, 0.5) is 0 Å². The van der Waals surface area contributed by atoms with Gasteiger partial charge >= 0.3 is 5.97 Å². The molecule has 0 saturated carbocycles. The maximum Gasteiger partial charge on any atom is 0.339 e. The van der Waals surface area contributed by atoms with Gasteiger partial charge in [0.15, 0.2) is 0 Å². The average Bonchev–Trinajstić information content (AvgIpc) is 2.55. The standard InChI is InChI=1S/C19H16O4/c1-12-9-13(10-16(18(12)20)19(21)22)11-23-17-8-4-6-14-5-2-3-7-15(14)17/h2-10,20H,11H2,1H3,(H,21,22). The Morgan fingerprint density at radius 1 is 1.09 bits per heavy atom. The van der Waals surface area contributed by atoms with Crippen LogP contribution in [0.3, 0.4) is 0 Å². The van der Waals surface area contributed by atoms with Gasteiger partial charge < -0.3 is 14.9 Å². The van der Waals surface area contributed by atoms with Crippen molar-refractivity contribution < 1.29 is 19.7 Å². The Kier molecular flexibility index (Phi) is 3.89. The van der Waals surface area contributed by atoms with Gasteiger partial charge in [0.2, 0.25) is 0 Å². The molecule has 0 aliphatic carbocycles. The van der Waals surface area contributed by atoms with Gasteiger partial charge in [0, 0.05) is 5.39 Å². The van der Waals surface area contributed by atoms with Crippen molar-refractivity contribution in [3.05, 3.63) is 71.3 Å². The lowest BCUT2D eigenvalue weighted by Gasteiger charge is -2.11. The number of aromatic hydroxyl groups is 1. The number of aromatic carboxylic acids is 1. The zero-order chi connectivity index (χ0) is 16.4. The van der Waals surface area contributed by atoms with Gasteiger partial charge in [-0.3, -0.25) is 0 Å². The molecule has 3 rings (SSSR count). The van der Waals surface area contributed by atoms with E-state index in [4.69, 9.17) is 9.84 Å². The third-order valence-corrected chi connectivity index (χ3v) is 3.73. The zero-order valence-electron chi connectivity index (χ0n) is 12.6. The first-order chi connectivity index (χ1) is 11.1. The van der Waals surface area contributed by atoms with Crippen molar-refractivity contribution in [3.63, 3.8) is 0 Å². The van der Waals surface area contributed by atoms with Crippen LogP contribution in [0.25, 0.3) is 10.8 Å². The topological polar surface area (TPSA) is 66.8 Å². The molecular formula is C19H16O4. The molecular weight excluding hydrogens is 292 g/mol. The summed E-state index contributed by atoms with van der Waals surface area (Å²) in [5.41, 5.74) is 1.11. The second-order valence-electron chi connectivity index (χ2n) is 5.38. The predicted octanol–water partition coefficient (Wildman–Crippen LogP) is 4.13. The lowest BCUT2D eigenvalue weighted by molar-refractivity contribution is 0.0693. The summed E-state index contributed by atoms with van der Waals surface area (Å²) in [4.78, 5) is 11.2. The molecule has 0 aliphatic rings. The van der Waals surface area contributed by atoms with E-state index in [0.717, 1.165) is 16.5 Å². The highest BCUT2D eigenvalue weighted by molar-refractivity contribution is 5.91. The maximum atomic E-state index is 11.2. The van der Waals surface area contributed by atoms with Crippen LogP contribution in [-0.4, -0.2) is 16.2 Å². The minimum absolute atomic E-state index is 0.110. The summed E-state index contributed by atoms with van der Waals surface area (Å²) in [5.74, 6) is -0.616. The number of phenols is 1. The second-order valence-corrected chi connectivity index (χ2v) is 5.38. The number of hydrogen-bond donors (Lipinski definition) is 2. The quantitative estimate of drug-likeness (QED) is 0.760. The van der Waals surface area contributed by atoms with Crippen molar-refractivity contribution in [1.82, 2.24) is 0 Å². The minimum atomic E-state index is -1.15. The van der Waals surface area contributed by atoms with Gasteiger partial charge in [-0.1, -0.05) is 36.4 Å². The van der Waals surface area contributed by atoms with Crippen molar-refractivity contribution >= 4 is 16.7 Å². The molecule has 0 radical (unpaired) electrons. The van der Waals surface area contributed by atoms with E-state index in [1.54, 1.807) is 13.0 Å². The first-order valence-electron chi connectivity index (χ1n) is 7.22. The number of carbonyl (C=O) groups is 1. The van der Waals surface area contributed by atoms with Crippen molar-refractivity contribution in [2.45, 2.75) is 13.5 Å². The number of benzene rings is 3. The fraction of sp³-hybridized carbons (Fsp3) is 0.105. The van der Waals surface area contributed by atoms with Gasteiger partial charge in [0.05, 0.1) is 0 Å². The van der Waals surface area contributed by atoms with E-state index in [-0.39, 0.29) is 17.9 Å². The fourth-order valence-electron chi connectivity index (χ4n) is 2.58. The van der Waals surface area contributed by atoms with Crippen LogP contribution in [0, 0.1) is 6.92 Å². The summed E-state index contributed by atoms with van der Waals surface area (Å²) in [6, 6.07) is 16.9. The number of fused-ring (bicyclic) bond motifs is 1. The first-order valence-corrected chi connectivity index (χ1v) is 7.22. The molecule has 23 heavy (non-hydrogen) atoms. The first kappa shape index (κ1) is 14.9. The molecule has 0 spiro atoms. The molecule has 2 N–H and O–H groups in total. The SMILES string of the molecule is Cc1cc(COc2cccc3ccccc23)cc(C(=O)O)c1O. The number of aryl methyl sites for hydroxylation is 1. The monoisotopic (exact) mass is 308 g/mol. The van der Waals surface area contributed by atoms with Crippen LogP contribution in [0.15, 0.2) is 54.6 Å². The Balaban J connectivity index is 1.90. The van der Waals surface area contributed by atoms with Crippen LogP contribution in [0.5, 0.6) is 11.5 Å². The van der Waals surface area contributed by atoms with E-state index in [2.05, 4.69) is 0 Å². The molecule has 4 heteroatoms. The minimum Gasteiger partial charge on any atom is -0.507 e. The van der Waals surface area contributed by atoms with Gasteiger partial charge in [0.1, 0.15) is 23.7 Å². The van der Waals surface area contributed by atoms with Crippen LogP contribution in [-0.2, 0) is 6.61 Å². The van der Waals surface area contributed by atoms with Gasteiger partial charge in [-0.15, -0.1) is 0 Å². The van der Waals surface area contributed by atoms with E-state index >= 15 is 0 Å². The van der Waals surface area contributed by atoms with E-state index in [1.807, 2.05) is 42.5 Å². The second kappa shape index (κ2) is 6.01. The number of hydrogen-bond acceptors (Lipinski definition) is 3. The van der Waals surface area contributed by atoms with E-state index in [9.17, 15) is 9.90 Å². The molecule has 3 aromatic rings. The summed E-state index contributed by atoms with van der Waals surface area (Å²) in [6.07, 6.45) is 0. The van der Waals surface area contributed by atoms with Gasteiger partial charge in [0.25, 0.3) is 0 Å². The Hall–Kier alpha value is -3.01. The largest absolute Gasteiger partial charge is 0.507 e. The van der Waals surface area contributed by atoms with Crippen LogP contribution in [0.2, 0.25) is 0 Å². The summed E-state index contributed by atoms with van der Waals surface area (Å²) >= 11 is 0. The molecule has 116 valence electrons. The predicted molar refractivity (Wildman–Crippen MR) is 88.1 cm³/mol. The average molecular weight is 308 g/mol. The Morgan fingerprint density at radius 3 is 2.61 bits per heavy atom. The van der Waals surface area contributed by atoms with Gasteiger partial charge in [-0.05, 0) is 41.6 Å². The smallest absolute Gasteiger partial charge is 0.339 e. The van der Waals surface area contributed by atoms with E-state index in [0.29, 0.717) is 11.1 Å². The summed E-state index contributed by atoms with van der Waals surface area (Å²) in [5, 5.41) is 21.0. The Morgan fingerprint density at radius 2 is 1.83 bits per heavy atom. The van der Waals surface area contributed by atoms with E-state index in [1.165, 1.54) is 6.07 Å². The van der Waals surface area contributed by atoms with Crippen molar-refractivity contribution in [2.24, 2.45) is 0 Å². The van der Waals surface area contributed by atoms with Crippen molar-refractivity contribution in [1.29, 1.82) is 0 Å². The third-order valence-electron chi connectivity index (χ3n) is 3.73. The van der Waals surface area contributed by atoms with Gasteiger partial charge in [-0.25, -0.2) is 4.79 Å². The zero-order valence-corrected chi connectivity index (χ0v) is 12.6. The number of carboxylic acid groups (broad SMARTS) is 1. The molecule has 0 aromatic heterocycles.